The van der Waals surface area contributed by atoms with Gasteiger partial charge in [0.2, 0.25) is 5.91 Å². The van der Waals surface area contributed by atoms with Crippen LogP contribution in [0.1, 0.15) is 16.7 Å². The molecule has 3 aromatic rings. The Morgan fingerprint density at radius 2 is 1.80 bits per heavy atom. The predicted octanol–water partition coefficient (Wildman–Crippen LogP) is 5.57. The van der Waals surface area contributed by atoms with E-state index in [0.29, 0.717) is 16.8 Å². The van der Waals surface area contributed by atoms with Gasteiger partial charge in [0.15, 0.2) is 16.7 Å². The molecule has 1 atom stereocenters. The summed E-state index contributed by atoms with van der Waals surface area (Å²) in [5, 5.41) is 2.46. The van der Waals surface area contributed by atoms with Gasteiger partial charge in [-0.25, -0.2) is 9.37 Å². The van der Waals surface area contributed by atoms with Crippen LogP contribution in [0.25, 0.3) is 10.2 Å². The van der Waals surface area contributed by atoms with Crippen molar-refractivity contribution in [1.82, 2.24) is 4.98 Å². The number of benzene rings is 2. The highest BCUT2D eigenvalue weighted by molar-refractivity contribution is 7.22. The van der Waals surface area contributed by atoms with E-state index in [1.54, 1.807) is 0 Å². The number of hydrogen-bond acceptors (Lipinski definition) is 4. The smallest absolute Gasteiger partial charge is 0.416 e. The van der Waals surface area contributed by atoms with Crippen molar-refractivity contribution in [3.63, 3.8) is 0 Å². The topological polar surface area (TPSA) is 51.2 Å². The van der Waals surface area contributed by atoms with E-state index in [9.17, 15) is 31.1 Å². The first-order valence-electron chi connectivity index (χ1n) is 8.19. The Hall–Kier alpha value is -2.39. The fourth-order valence-corrected chi connectivity index (χ4v) is 3.70. The molecule has 0 radical (unpaired) electrons. The minimum absolute atomic E-state index is 0.0149. The molecule has 4 nitrogen and oxygen atoms in total. The van der Waals surface area contributed by atoms with Gasteiger partial charge >= 0.3 is 6.18 Å². The van der Waals surface area contributed by atoms with Crippen molar-refractivity contribution in [3.05, 3.63) is 52.8 Å². The zero-order valence-corrected chi connectivity index (χ0v) is 17.1. The number of fused-ring (bicyclic) bond motifs is 1. The molecule has 2 aromatic carbocycles. The largest absolute Gasteiger partial charge is 0.494 e. The van der Waals surface area contributed by atoms with Crippen LogP contribution in [0.3, 0.4) is 0 Å². The maximum Gasteiger partial charge on any atom is 0.416 e. The molecule has 0 spiro atoms. The number of amides is 1. The lowest BCUT2D eigenvalue weighted by Crippen LogP contribution is -2.16. The highest BCUT2D eigenvalue weighted by atomic mass is 32.1. The second-order valence-electron chi connectivity index (χ2n) is 6.24. The number of halogens is 6. The van der Waals surface area contributed by atoms with Crippen LogP contribution >= 0.6 is 20.6 Å². The van der Waals surface area contributed by atoms with Crippen molar-refractivity contribution in [1.29, 1.82) is 0 Å². The molecule has 0 aliphatic carbocycles. The first kappa shape index (κ1) is 22.3. The Labute approximate surface area is 172 Å². The summed E-state index contributed by atoms with van der Waals surface area (Å²) < 4.78 is 85.3. The number of hydrogen-bond donors (Lipinski definition) is 1. The molecule has 160 valence electrons. The summed E-state index contributed by atoms with van der Waals surface area (Å²) in [5.74, 6) is -1.43. The van der Waals surface area contributed by atoms with E-state index in [-0.39, 0.29) is 22.0 Å². The summed E-state index contributed by atoms with van der Waals surface area (Å²) in [6.07, 6.45) is -5.45. The summed E-state index contributed by atoms with van der Waals surface area (Å²) in [5.41, 5.74) is -5.76. The number of ether oxygens (including phenoxy) is 1. The maximum atomic E-state index is 13.7. The number of alkyl halides is 5. The minimum atomic E-state index is -4.85. The number of methoxy groups -OCH3 is 1. The zero-order chi connectivity index (χ0) is 22.3. The van der Waals surface area contributed by atoms with Crippen molar-refractivity contribution >= 4 is 41.8 Å². The molecule has 0 saturated carbocycles. The van der Waals surface area contributed by atoms with Gasteiger partial charge in [-0.3, -0.25) is 4.79 Å². The maximum absolute atomic E-state index is 13.7. The van der Waals surface area contributed by atoms with E-state index in [2.05, 4.69) is 10.3 Å². The van der Waals surface area contributed by atoms with Gasteiger partial charge in [-0.1, -0.05) is 20.6 Å². The van der Waals surface area contributed by atoms with Gasteiger partial charge in [-0.2, -0.15) is 22.0 Å². The van der Waals surface area contributed by atoms with Gasteiger partial charge in [-0.15, -0.1) is 0 Å². The summed E-state index contributed by atoms with van der Waals surface area (Å²) in [6.45, 7) is 0. The number of thiazole rings is 1. The highest BCUT2D eigenvalue weighted by Crippen LogP contribution is 2.39. The molecule has 1 aromatic heterocycles. The number of anilines is 1. The lowest BCUT2D eigenvalue weighted by atomic mass is 10.0. The fourth-order valence-electron chi connectivity index (χ4n) is 2.64. The summed E-state index contributed by atoms with van der Waals surface area (Å²) in [4.78, 5) is 16.3. The Bertz CT molecular complexity index is 1080. The van der Waals surface area contributed by atoms with E-state index in [4.69, 9.17) is 4.74 Å². The van der Waals surface area contributed by atoms with Crippen LogP contribution in [0.5, 0.6) is 5.75 Å². The molecule has 0 aliphatic heterocycles. The predicted molar refractivity (Wildman–Crippen MR) is 104 cm³/mol. The van der Waals surface area contributed by atoms with Crippen LogP contribution in [0.4, 0.5) is 31.5 Å². The van der Waals surface area contributed by atoms with Crippen LogP contribution in [-0.2, 0) is 23.1 Å². The normalized spacial score (nSPS) is 12.3. The van der Waals surface area contributed by atoms with E-state index >= 15 is 0 Å². The van der Waals surface area contributed by atoms with Gasteiger partial charge in [-0.05, 0) is 23.8 Å². The Morgan fingerprint density at radius 1 is 1.13 bits per heavy atom. The Balaban J connectivity index is 1.84. The van der Waals surface area contributed by atoms with Crippen LogP contribution in [-0.4, -0.2) is 18.0 Å². The van der Waals surface area contributed by atoms with Crippen LogP contribution in [0.15, 0.2) is 30.3 Å². The van der Waals surface area contributed by atoms with Crippen molar-refractivity contribution in [2.45, 2.75) is 18.3 Å². The summed E-state index contributed by atoms with van der Waals surface area (Å²) in [6, 6.07) is 4.31. The van der Waals surface area contributed by atoms with E-state index in [1.165, 1.54) is 13.2 Å². The quantitative estimate of drug-likeness (QED) is 0.395. The molecule has 3 rings (SSSR count). The average Bonchev–Trinajstić information content (AvgIpc) is 2.99. The fraction of sp³-hybridized carbons (Fsp3) is 0.222. The summed E-state index contributed by atoms with van der Waals surface area (Å²) in [7, 11) is 2.45. The zero-order valence-electron chi connectivity index (χ0n) is 15.1. The summed E-state index contributed by atoms with van der Waals surface area (Å²) >= 11 is 0.996. The Kier molecular flexibility index (Phi) is 5.97. The van der Waals surface area contributed by atoms with Crippen molar-refractivity contribution in [2.75, 3.05) is 12.4 Å². The first-order valence-corrected chi connectivity index (χ1v) is 9.58. The van der Waals surface area contributed by atoms with Crippen LogP contribution < -0.4 is 10.1 Å². The number of nitrogens with one attached hydrogen (secondary N) is 1. The van der Waals surface area contributed by atoms with Crippen molar-refractivity contribution in [3.8, 4) is 5.75 Å². The third-order valence-corrected chi connectivity index (χ3v) is 5.24. The molecular weight excluding hydrogens is 453 g/mol. The Morgan fingerprint density at radius 3 is 2.40 bits per heavy atom. The van der Waals surface area contributed by atoms with Gasteiger partial charge in [0.25, 0.3) is 5.66 Å². The van der Waals surface area contributed by atoms with Crippen molar-refractivity contribution < 1.29 is 35.9 Å². The molecule has 0 bridgehead atoms. The molecular formula is C18H13F6N2O2PS. The molecule has 30 heavy (non-hydrogen) atoms. The third-order valence-electron chi connectivity index (χ3n) is 3.98. The number of carbonyl (C=O) groups is 1. The van der Waals surface area contributed by atoms with E-state index in [1.807, 2.05) is 0 Å². The van der Waals surface area contributed by atoms with Gasteiger partial charge < -0.3 is 10.1 Å². The van der Waals surface area contributed by atoms with Gasteiger partial charge in [0.05, 0.1) is 29.3 Å². The number of rotatable bonds is 5. The molecule has 0 saturated heterocycles. The van der Waals surface area contributed by atoms with E-state index in [0.717, 1.165) is 32.7 Å². The lowest BCUT2D eigenvalue weighted by molar-refractivity contribution is -0.137. The van der Waals surface area contributed by atoms with Gasteiger partial charge in [0, 0.05) is 17.7 Å². The van der Waals surface area contributed by atoms with Gasteiger partial charge in [0.1, 0.15) is 0 Å². The van der Waals surface area contributed by atoms with Crippen LogP contribution in [0, 0.1) is 5.82 Å². The van der Waals surface area contributed by atoms with E-state index < -0.39 is 41.1 Å². The third kappa shape index (κ3) is 5.02. The minimum Gasteiger partial charge on any atom is -0.494 e. The SMILES string of the molecule is COc1cc2sc(NC(=O)Cc3cc(C(F)(F)F)cc(C(F)(F)P)c3)nc2cc1F. The number of carbonyl (C=O) groups excluding carboxylic acids is 1. The first-order chi connectivity index (χ1) is 13.9. The standard InChI is InChI=1S/C18H13F6N2O2PS/c1-28-13-7-14-12(6-11(13)19)25-16(30-14)26-15(27)4-8-2-9(17(20,21)22)5-10(3-8)18(23,24)29/h2-3,5-7H,4,29H2,1H3,(H,25,26,27). The second kappa shape index (κ2) is 8.03. The second-order valence-corrected chi connectivity index (χ2v) is 7.99. The lowest BCUT2D eigenvalue weighted by Gasteiger charge is -2.16. The number of nitrogens with zero attached hydrogens (tertiary/aromatic N) is 1. The molecule has 1 unspecified atom stereocenters. The van der Waals surface area contributed by atoms with Crippen LogP contribution in [0.2, 0.25) is 0 Å². The molecule has 1 heterocycles. The highest BCUT2D eigenvalue weighted by Gasteiger charge is 2.34. The molecule has 0 aliphatic rings. The molecule has 1 N–H and O–H groups in total. The monoisotopic (exact) mass is 466 g/mol. The molecule has 12 heteroatoms. The number of aromatic nitrogens is 1. The van der Waals surface area contributed by atoms with Crippen molar-refractivity contribution in [2.24, 2.45) is 0 Å². The average molecular weight is 466 g/mol. The molecule has 0 fully saturated rings. The molecule has 1 amide bonds.